The van der Waals surface area contributed by atoms with Crippen LogP contribution in [0.15, 0.2) is 30.3 Å². The highest BCUT2D eigenvalue weighted by Crippen LogP contribution is 2.15. The number of amides is 1. The molecular formula is C16H24N2O2. The summed E-state index contributed by atoms with van der Waals surface area (Å²) in [5.74, 6) is 0.106. The number of carbonyl (C=O) groups is 1. The van der Waals surface area contributed by atoms with Crippen LogP contribution in [-0.2, 0) is 11.3 Å². The fourth-order valence-electron chi connectivity index (χ4n) is 2.75. The first-order valence-electron chi connectivity index (χ1n) is 7.40. The van der Waals surface area contributed by atoms with Crippen LogP contribution < -0.4 is 5.32 Å². The van der Waals surface area contributed by atoms with Crippen LogP contribution in [0.5, 0.6) is 0 Å². The van der Waals surface area contributed by atoms with Gasteiger partial charge in [0.25, 0.3) is 0 Å². The largest absolute Gasteiger partial charge is 0.395 e. The molecule has 2 unspecified atom stereocenters. The minimum absolute atomic E-state index is 0.000840. The fraction of sp³-hybridized carbons (Fsp3) is 0.562. The van der Waals surface area contributed by atoms with Crippen molar-refractivity contribution in [2.45, 2.75) is 44.8 Å². The molecule has 1 saturated heterocycles. The molecule has 1 aliphatic rings. The molecule has 1 aromatic rings. The number of aliphatic hydroxyl groups excluding tert-OH is 1. The molecule has 0 aliphatic carbocycles. The minimum atomic E-state index is -0.103. The van der Waals surface area contributed by atoms with E-state index in [4.69, 9.17) is 0 Å². The predicted molar refractivity (Wildman–Crippen MR) is 79.2 cm³/mol. The van der Waals surface area contributed by atoms with Crippen LogP contribution in [0.2, 0.25) is 0 Å². The lowest BCUT2D eigenvalue weighted by Gasteiger charge is -2.32. The van der Waals surface area contributed by atoms with Crippen LogP contribution in [0.25, 0.3) is 0 Å². The van der Waals surface area contributed by atoms with Gasteiger partial charge in [0.15, 0.2) is 0 Å². The molecular weight excluding hydrogens is 252 g/mol. The quantitative estimate of drug-likeness (QED) is 0.857. The number of hydrogen-bond acceptors (Lipinski definition) is 3. The van der Waals surface area contributed by atoms with Crippen molar-refractivity contribution in [3.8, 4) is 0 Å². The van der Waals surface area contributed by atoms with Crippen molar-refractivity contribution in [2.24, 2.45) is 0 Å². The number of hydrogen-bond donors (Lipinski definition) is 2. The van der Waals surface area contributed by atoms with Gasteiger partial charge in [-0.25, -0.2) is 0 Å². The zero-order valence-corrected chi connectivity index (χ0v) is 12.1. The van der Waals surface area contributed by atoms with Gasteiger partial charge in [-0.1, -0.05) is 30.3 Å². The van der Waals surface area contributed by atoms with Crippen molar-refractivity contribution in [3.05, 3.63) is 35.9 Å². The molecule has 0 spiro atoms. The van der Waals surface area contributed by atoms with Gasteiger partial charge in [-0.3, -0.25) is 4.79 Å². The number of nitrogens with one attached hydrogen (secondary N) is 1. The van der Waals surface area contributed by atoms with E-state index in [0.29, 0.717) is 19.1 Å². The fourth-order valence-corrected chi connectivity index (χ4v) is 2.75. The van der Waals surface area contributed by atoms with E-state index in [1.807, 2.05) is 30.3 Å². The van der Waals surface area contributed by atoms with Gasteiger partial charge >= 0.3 is 0 Å². The van der Waals surface area contributed by atoms with E-state index in [2.05, 4.69) is 12.2 Å². The number of rotatable bonds is 5. The lowest BCUT2D eigenvalue weighted by molar-refractivity contribution is -0.135. The molecule has 0 aromatic heterocycles. The Morgan fingerprint density at radius 2 is 2.10 bits per heavy atom. The molecule has 2 N–H and O–H groups in total. The zero-order valence-electron chi connectivity index (χ0n) is 12.1. The Morgan fingerprint density at radius 1 is 1.35 bits per heavy atom. The Balaban J connectivity index is 2.01. The molecule has 110 valence electrons. The highest BCUT2D eigenvalue weighted by atomic mass is 16.3. The smallest absolute Gasteiger partial charge is 0.240 e. The molecule has 2 atom stereocenters. The monoisotopic (exact) mass is 276 g/mol. The van der Waals surface area contributed by atoms with Crippen molar-refractivity contribution >= 4 is 5.91 Å². The summed E-state index contributed by atoms with van der Waals surface area (Å²) in [5.41, 5.74) is 1.10. The van der Waals surface area contributed by atoms with E-state index >= 15 is 0 Å². The molecule has 20 heavy (non-hydrogen) atoms. The van der Waals surface area contributed by atoms with Gasteiger partial charge in [-0.05, 0) is 31.7 Å². The highest BCUT2D eigenvalue weighted by molar-refractivity contribution is 5.82. The summed E-state index contributed by atoms with van der Waals surface area (Å²) in [7, 11) is 0. The van der Waals surface area contributed by atoms with Gasteiger partial charge in [0.1, 0.15) is 0 Å². The molecule has 2 rings (SSSR count). The van der Waals surface area contributed by atoms with Crippen molar-refractivity contribution < 1.29 is 9.90 Å². The van der Waals surface area contributed by atoms with Gasteiger partial charge < -0.3 is 15.3 Å². The third kappa shape index (κ3) is 4.05. The van der Waals surface area contributed by atoms with E-state index < -0.39 is 0 Å². The van der Waals surface area contributed by atoms with E-state index in [-0.39, 0.29) is 18.6 Å². The SMILES string of the molecule is CC1CCCC(C(=O)N(CCO)Cc2ccccc2)N1. The van der Waals surface area contributed by atoms with E-state index in [0.717, 1.165) is 24.8 Å². The van der Waals surface area contributed by atoms with Crippen molar-refractivity contribution in [2.75, 3.05) is 13.2 Å². The average molecular weight is 276 g/mol. The van der Waals surface area contributed by atoms with Crippen LogP contribution in [0.1, 0.15) is 31.7 Å². The summed E-state index contributed by atoms with van der Waals surface area (Å²) in [6.07, 6.45) is 3.10. The standard InChI is InChI=1S/C16H24N2O2/c1-13-6-5-9-15(17-13)16(20)18(10-11-19)12-14-7-3-2-4-8-14/h2-4,7-8,13,15,17,19H,5-6,9-12H2,1H3. The molecule has 1 aliphatic heterocycles. The number of nitrogens with zero attached hydrogens (tertiary/aromatic N) is 1. The number of aliphatic hydroxyl groups is 1. The third-order valence-electron chi connectivity index (χ3n) is 3.81. The Labute approximate surface area is 120 Å². The van der Waals surface area contributed by atoms with Crippen LogP contribution in [0.4, 0.5) is 0 Å². The number of piperidine rings is 1. The van der Waals surface area contributed by atoms with Crippen LogP contribution in [0, 0.1) is 0 Å². The Hall–Kier alpha value is -1.39. The second-order valence-corrected chi connectivity index (χ2v) is 5.52. The highest BCUT2D eigenvalue weighted by Gasteiger charge is 2.27. The summed E-state index contributed by atoms with van der Waals surface area (Å²) in [5, 5.41) is 12.6. The third-order valence-corrected chi connectivity index (χ3v) is 3.81. The molecule has 0 radical (unpaired) electrons. The van der Waals surface area contributed by atoms with E-state index in [9.17, 15) is 9.90 Å². The van der Waals surface area contributed by atoms with Crippen LogP contribution in [-0.4, -0.2) is 41.1 Å². The second kappa shape index (κ2) is 7.41. The normalized spacial score (nSPS) is 22.5. The first-order chi connectivity index (χ1) is 9.70. The maximum atomic E-state index is 12.6. The van der Waals surface area contributed by atoms with E-state index in [1.54, 1.807) is 4.90 Å². The number of carbonyl (C=O) groups excluding carboxylic acids is 1. The molecule has 1 fully saturated rings. The Bertz CT molecular complexity index is 422. The van der Waals surface area contributed by atoms with E-state index in [1.165, 1.54) is 0 Å². The molecule has 1 aromatic carbocycles. The predicted octanol–water partition coefficient (Wildman–Crippen LogP) is 1.54. The minimum Gasteiger partial charge on any atom is -0.395 e. The van der Waals surface area contributed by atoms with Gasteiger partial charge in [0.05, 0.1) is 12.6 Å². The first-order valence-corrected chi connectivity index (χ1v) is 7.40. The zero-order chi connectivity index (χ0) is 14.4. The molecule has 4 heteroatoms. The molecule has 1 heterocycles. The summed E-state index contributed by atoms with van der Waals surface area (Å²) in [6.45, 7) is 3.07. The maximum Gasteiger partial charge on any atom is 0.240 e. The summed E-state index contributed by atoms with van der Waals surface area (Å²) in [4.78, 5) is 14.3. The lowest BCUT2D eigenvalue weighted by Crippen LogP contribution is -2.51. The van der Waals surface area contributed by atoms with Crippen molar-refractivity contribution in [3.63, 3.8) is 0 Å². The van der Waals surface area contributed by atoms with Gasteiger partial charge in [0, 0.05) is 19.1 Å². The molecule has 0 bridgehead atoms. The van der Waals surface area contributed by atoms with Crippen molar-refractivity contribution in [1.82, 2.24) is 10.2 Å². The first kappa shape index (κ1) is 15.0. The maximum absolute atomic E-state index is 12.6. The Kier molecular flexibility index (Phi) is 5.56. The topological polar surface area (TPSA) is 52.6 Å². The summed E-state index contributed by atoms with van der Waals surface area (Å²) in [6, 6.07) is 10.2. The van der Waals surface area contributed by atoms with Gasteiger partial charge in [-0.2, -0.15) is 0 Å². The molecule has 0 saturated carbocycles. The number of benzene rings is 1. The summed E-state index contributed by atoms with van der Waals surface area (Å²) >= 11 is 0. The molecule has 4 nitrogen and oxygen atoms in total. The van der Waals surface area contributed by atoms with Crippen LogP contribution >= 0.6 is 0 Å². The molecule has 1 amide bonds. The lowest BCUT2D eigenvalue weighted by atomic mass is 9.98. The van der Waals surface area contributed by atoms with Crippen molar-refractivity contribution in [1.29, 1.82) is 0 Å². The van der Waals surface area contributed by atoms with Gasteiger partial charge in [0.2, 0.25) is 5.91 Å². The average Bonchev–Trinajstić information content (AvgIpc) is 2.47. The second-order valence-electron chi connectivity index (χ2n) is 5.52. The summed E-state index contributed by atoms with van der Waals surface area (Å²) < 4.78 is 0. The Morgan fingerprint density at radius 3 is 2.75 bits per heavy atom. The van der Waals surface area contributed by atoms with Crippen LogP contribution in [0.3, 0.4) is 0 Å². The van der Waals surface area contributed by atoms with Gasteiger partial charge in [-0.15, -0.1) is 0 Å².